The molecule has 1 aromatic heterocycles. The molecule has 21 heavy (non-hydrogen) atoms. The van der Waals surface area contributed by atoms with Crippen molar-refractivity contribution in [1.29, 1.82) is 0 Å². The van der Waals surface area contributed by atoms with Gasteiger partial charge < -0.3 is 4.74 Å². The molecule has 3 heteroatoms. The van der Waals surface area contributed by atoms with Crippen molar-refractivity contribution < 1.29 is 4.74 Å². The van der Waals surface area contributed by atoms with E-state index in [1.54, 1.807) is 0 Å². The van der Waals surface area contributed by atoms with Crippen molar-refractivity contribution >= 4 is 0 Å². The first-order chi connectivity index (χ1) is 10.2. The summed E-state index contributed by atoms with van der Waals surface area (Å²) in [7, 11) is 0. The van der Waals surface area contributed by atoms with E-state index in [1.807, 2.05) is 53.3 Å². The SMILES string of the molecule is Cc1cccc(C)c1OCc1ccn(-c2ccccc2)n1. The van der Waals surface area contributed by atoms with Crippen molar-refractivity contribution in [2.75, 3.05) is 0 Å². The summed E-state index contributed by atoms with van der Waals surface area (Å²) < 4.78 is 7.79. The molecule has 0 fully saturated rings. The van der Waals surface area contributed by atoms with Gasteiger partial charge in [0.15, 0.2) is 0 Å². The van der Waals surface area contributed by atoms with Crippen molar-refractivity contribution in [1.82, 2.24) is 9.78 Å². The van der Waals surface area contributed by atoms with Gasteiger partial charge in [-0.1, -0.05) is 36.4 Å². The van der Waals surface area contributed by atoms with E-state index in [9.17, 15) is 0 Å². The summed E-state index contributed by atoms with van der Waals surface area (Å²) >= 11 is 0. The zero-order chi connectivity index (χ0) is 14.7. The maximum Gasteiger partial charge on any atom is 0.132 e. The Balaban J connectivity index is 1.74. The number of aromatic nitrogens is 2. The van der Waals surface area contributed by atoms with E-state index in [2.05, 4.69) is 31.1 Å². The lowest BCUT2D eigenvalue weighted by Gasteiger charge is -2.10. The zero-order valence-corrected chi connectivity index (χ0v) is 12.3. The molecule has 3 aromatic rings. The van der Waals surface area contributed by atoms with Gasteiger partial charge in [0, 0.05) is 6.20 Å². The van der Waals surface area contributed by atoms with E-state index in [0.717, 1.165) is 28.3 Å². The van der Waals surface area contributed by atoms with Gasteiger partial charge in [0.05, 0.1) is 5.69 Å². The Labute approximate surface area is 124 Å². The first-order valence-electron chi connectivity index (χ1n) is 7.03. The molecule has 3 rings (SSSR count). The maximum atomic E-state index is 5.93. The second kappa shape index (κ2) is 5.83. The third-order valence-electron chi connectivity index (χ3n) is 3.44. The van der Waals surface area contributed by atoms with Crippen LogP contribution in [0.25, 0.3) is 5.69 Å². The van der Waals surface area contributed by atoms with Gasteiger partial charge in [0.2, 0.25) is 0 Å². The topological polar surface area (TPSA) is 27.1 Å². The standard InChI is InChI=1S/C18H18N2O/c1-14-7-6-8-15(2)18(14)21-13-16-11-12-20(19-16)17-9-4-3-5-10-17/h3-12H,13H2,1-2H3. The molecule has 0 N–H and O–H groups in total. The molecule has 2 aromatic carbocycles. The Bertz CT molecular complexity index is 712. The second-order valence-electron chi connectivity index (χ2n) is 5.10. The normalized spacial score (nSPS) is 10.6. The molecule has 0 spiro atoms. The van der Waals surface area contributed by atoms with Crippen LogP contribution in [0.3, 0.4) is 0 Å². The van der Waals surface area contributed by atoms with Crippen LogP contribution in [-0.2, 0) is 6.61 Å². The van der Waals surface area contributed by atoms with E-state index in [0.29, 0.717) is 6.61 Å². The minimum atomic E-state index is 0.478. The van der Waals surface area contributed by atoms with Gasteiger partial charge in [0.1, 0.15) is 18.1 Å². The van der Waals surface area contributed by atoms with Crippen molar-refractivity contribution in [2.45, 2.75) is 20.5 Å². The van der Waals surface area contributed by atoms with Gasteiger partial charge in [-0.25, -0.2) is 4.68 Å². The monoisotopic (exact) mass is 278 g/mol. The smallest absolute Gasteiger partial charge is 0.132 e. The van der Waals surface area contributed by atoms with Crippen LogP contribution in [0.4, 0.5) is 0 Å². The molecule has 0 aliphatic carbocycles. The predicted molar refractivity (Wildman–Crippen MR) is 83.8 cm³/mol. The van der Waals surface area contributed by atoms with Crippen LogP contribution in [0.2, 0.25) is 0 Å². The Morgan fingerprint density at radius 2 is 1.62 bits per heavy atom. The Morgan fingerprint density at radius 3 is 2.33 bits per heavy atom. The minimum Gasteiger partial charge on any atom is -0.487 e. The highest BCUT2D eigenvalue weighted by Gasteiger charge is 2.06. The highest BCUT2D eigenvalue weighted by atomic mass is 16.5. The summed E-state index contributed by atoms with van der Waals surface area (Å²) in [6, 6.07) is 18.2. The average Bonchev–Trinajstić information content (AvgIpc) is 2.97. The van der Waals surface area contributed by atoms with Crippen molar-refractivity contribution in [3.8, 4) is 11.4 Å². The fourth-order valence-electron chi connectivity index (χ4n) is 2.34. The molecular formula is C18H18N2O. The van der Waals surface area contributed by atoms with Gasteiger partial charge in [-0.05, 0) is 43.2 Å². The summed E-state index contributed by atoms with van der Waals surface area (Å²) in [4.78, 5) is 0. The third-order valence-corrected chi connectivity index (χ3v) is 3.44. The van der Waals surface area contributed by atoms with Crippen molar-refractivity contribution in [3.63, 3.8) is 0 Å². The fourth-order valence-corrected chi connectivity index (χ4v) is 2.34. The largest absolute Gasteiger partial charge is 0.487 e. The van der Waals surface area contributed by atoms with E-state index >= 15 is 0 Å². The summed E-state index contributed by atoms with van der Waals surface area (Å²) in [5, 5.41) is 4.55. The van der Waals surface area contributed by atoms with Crippen molar-refractivity contribution in [2.24, 2.45) is 0 Å². The van der Waals surface area contributed by atoms with Crippen molar-refractivity contribution in [3.05, 3.63) is 77.6 Å². The Hall–Kier alpha value is -2.55. The molecule has 1 heterocycles. The summed E-state index contributed by atoms with van der Waals surface area (Å²) in [5.74, 6) is 0.951. The van der Waals surface area contributed by atoms with E-state index < -0.39 is 0 Å². The molecule has 0 radical (unpaired) electrons. The summed E-state index contributed by atoms with van der Waals surface area (Å²) in [5.41, 5.74) is 4.27. The number of para-hydroxylation sites is 2. The number of nitrogens with zero attached hydrogens (tertiary/aromatic N) is 2. The number of aryl methyl sites for hydroxylation is 2. The molecule has 0 saturated carbocycles. The first kappa shape index (κ1) is 13.4. The minimum absolute atomic E-state index is 0.478. The molecule has 0 atom stereocenters. The van der Waals surface area contributed by atoms with Gasteiger partial charge >= 0.3 is 0 Å². The number of ether oxygens (including phenoxy) is 1. The molecule has 3 nitrogen and oxygen atoms in total. The van der Waals surface area contributed by atoms with Gasteiger partial charge in [-0.2, -0.15) is 5.10 Å². The van der Waals surface area contributed by atoms with Crippen LogP contribution >= 0.6 is 0 Å². The zero-order valence-electron chi connectivity index (χ0n) is 12.3. The fraction of sp³-hybridized carbons (Fsp3) is 0.167. The van der Waals surface area contributed by atoms with Gasteiger partial charge in [0.25, 0.3) is 0 Å². The summed E-state index contributed by atoms with van der Waals surface area (Å²) in [6.07, 6.45) is 1.96. The number of hydrogen-bond donors (Lipinski definition) is 0. The van der Waals surface area contributed by atoms with Crippen LogP contribution < -0.4 is 4.74 Å². The lowest BCUT2D eigenvalue weighted by Crippen LogP contribution is -2.01. The Kier molecular flexibility index (Phi) is 3.73. The van der Waals surface area contributed by atoms with Crippen LogP contribution in [0, 0.1) is 13.8 Å². The third kappa shape index (κ3) is 2.97. The number of hydrogen-bond acceptors (Lipinski definition) is 2. The van der Waals surface area contributed by atoms with Gasteiger partial charge in [-0.15, -0.1) is 0 Å². The lowest BCUT2D eigenvalue weighted by atomic mass is 10.1. The Morgan fingerprint density at radius 1 is 0.905 bits per heavy atom. The number of benzene rings is 2. The van der Waals surface area contributed by atoms with Crippen LogP contribution in [0.5, 0.6) is 5.75 Å². The number of rotatable bonds is 4. The molecule has 0 bridgehead atoms. The van der Waals surface area contributed by atoms with E-state index in [1.165, 1.54) is 0 Å². The molecule has 0 aliphatic heterocycles. The molecule has 106 valence electrons. The molecule has 0 aliphatic rings. The maximum absolute atomic E-state index is 5.93. The highest BCUT2D eigenvalue weighted by molar-refractivity contribution is 5.39. The summed E-state index contributed by atoms with van der Waals surface area (Å²) in [6.45, 7) is 4.60. The molecule has 0 saturated heterocycles. The average molecular weight is 278 g/mol. The second-order valence-corrected chi connectivity index (χ2v) is 5.10. The van der Waals surface area contributed by atoms with E-state index in [4.69, 9.17) is 4.74 Å². The predicted octanol–water partition coefficient (Wildman–Crippen LogP) is 4.07. The van der Waals surface area contributed by atoms with Gasteiger partial charge in [-0.3, -0.25) is 0 Å². The van der Waals surface area contributed by atoms with Crippen LogP contribution in [-0.4, -0.2) is 9.78 Å². The molecule has 0 unspecified atom stereocenters. The lowest BCUT2D eigenvalue weighted by molar-refractivity contribution is 0.296. The van der Waals surface area contributed by atoms with Crippen LogP contribution in [0.15, 0.2) is 60.8 Å². The first-order valence-corrected chi connectivity index (χ1v) is 7.03. The quantitative estimate of drug-likeness (QED) is 0.719. The molecular weight excluding hydrogens is 260 g/mol. The molecule has 0 amide bonds. The van der Waals surface area contributed by atoms with E-state index in [-0.39, 0.29) is 0 Å². The highest BCUT2D eigenvalue weighted by Crippen LogP contribution is 2.23. The van der Waals surface area contributed by atoms with Crippen LogP contribution in [0.1, 0.15) is 16.8 Å².